The van der Waals surface area contributed by atoms with Crippen molar-refractivity contribution in [2.75, 3.05) is 21.3 Å². The molecule has 1 N–H and O–H groups in total. The number of rotatable bonds is 5. The Kier molecular flexibility index (Phi) is 4.69. The largest absolute Gasteiger partial charge is 0.496 e. The Morgan fingerprint density at radius 3 is 2.19 bits per heavy atom. The van der Waals surface area contributed by atoms with Crippen LogP contribution in [0.25, 0.3) is 10.4 Å². The highest BCUT2D eigenvalue weighted by molar-refractivity contribution is 9.11. The van der Waals surface area contributed by atoms with Crippen LogP contribution in [0.5, 0.6) is 17.2 Å². The number of hydrogen-bond donors (Lipinski definition) is 1. The van der Waals surface area contributed by atoms with Gasteiger partial charge in [0.1, 0.15) is 17.2 Å². The van der Waals surface area contributed by atoms with E-state index in [0.29, 0.717) is 31.6 Å². The molecule has 112 valence electrons. The van der Waals surface area contributed by atoms with Gasteiger partial charge in [-0.3, -0.25) is 0 Å². The molecule has 0 aliphatic rings. The van der Waals surface area contributed by atoms with E-state index in [1.54, 1.807) is 12.1 Å². The van der Waals surface area contributed by atoms with Crippen molar-refractivity contribution in [3.63, 3.8) is 0 Å². The van der Waals surface area contributed by atoms with Crippen molar-refractivity contribution in [1.82, 2.24) is 4.98 Å². The maximum Gasteiger partial charge on any atom is 0.356 e. The lowest BCUT2D eigenvalue weighted by molar-refractivity contribution is 0.0692. The zero-order chi connectivity index (χ0) is 15.6. The number of carbonyl (C=O) groups is 1. The lowest BCUT2D eigenvalue weighted by atomic mass is 10.1. The minimum Gasteiger partial charge on any atom is -0.496 e. The van der Waals surface area contributed by atoms with Crippen LogP contribution in [0.15, 0.2) is 16.0 Å². The monoisotopic (exact) mass is 373 g/mol. The van der Waals surface area contributed by atoms with E-state index in [9.17, 15) is 9.90 Å². The molecular weight excluding hydrogens is 362 g/mol. The van der Waals surface area contributed by atoms with Crippen LogP contribution in [0.4, 0.5) is 0 Å². The zero-order valence-electron chi connectivity index (χ0n) is 11.5. The summed E-state index contributed by atoms with van der Waals surface area (Å²) >= 11 is 4.40. The molecule has 0 aliphatic carbocycles. The number of aromatic carboxylic acids is 1. The molecule has 6 nitrogen and oxygen atoms in total. The van der Waals surface area contributed by atoms with Crippen molar-refractivity contribution in [2.24, 2.45) is 0 Å². The summed E-state index contributed by atoms with van der Waals surface area (Å²) in [6, 6.07) is 3.33. The van der Waals surface area contributed by atoms with Gasteiger partial charge in [-0.15, -0.1) is 11.3 Å². The van der Waals surface area contributed by atoms with E-state index in [0.717, 1.165) is 0 Å². The summed E-state index contributed by atoms with van der Waals surface area (Å²) < 4.78 is 16.3. The second-order valence-electron chi connectivity index (χ2n) is 3.86. The molecule has 21 heavy (non-hydrogen) atoms. The van der Waals surface area contributed by atoms with Crippen molar-refractivity contribution in [3.05, 3.63) is 21.7 Å². The molecule has 1 heterocycles. The summed E-state index contributed by atoms with van der Waals surface area (Å²) in [5.74, 6) is 0.328. The Bertz CT molecular complexity index is 660. The fourth-order valence-corrected chi connectivity index (χ4v) is 3.34. The molecule has 0 unspecified atom stereocenters. The van der Waals surface area contributed by atoms with E-state index < -0.39 is 5.97 Å². The Labute approximate surface area is 133 Å². The van der Waals surface area contributed by atoms with Crippen LogP contribution in [0, 0.1) is 0 Å². The molecule has 0 atom stereocenters. The van der Waals surface area contributed by atoms with Gasteiger partial charge in [-0.2, -0.15) is 0 Å². The second kappa shape index (κ2) is 6.31. The lowest BCUT2D eigenvalue weighted by Crippen LogP contribution is -2.01. The van der Waals surface area contributed by atoms with Crippen molar-refractivity contribution >= 4 is 33.2 Å². The fourth-order valence-electron chi connectivity index (χ4n) is 1.84. The van der Waals surface area contributed by atoms with Gasteiger partial charge in [-0.05, 0) is 15.9 Å². The summed E-state index contributed by atoms with van der Waals surface area (Å²) in [4.78, 5) is 15.8. The van der Waals surface area contributed by atoms with Gasteiger partial charge < -0.3 is 19.3 Å². The van der Waals surface area contributed by atoms with E-state index in [2.05, 4.69) is 20.9 Å². The second-order valence-corrected chi connectivity index (χ2v) is 6.13. The van der Waals surface area contributed by atoms with E-state index in [1.165, 1.54) is 32.7 Å². The van der Waals surface area contributed by atoms with Crippen molar-refractivity contribution < 1.29 is 24.1 Å². The van der Waals surface area contributed by atoms with E-state index >= 15 is 0 Å². The topological polar surface area (TPSA) is 77.9 Å². The fraction of sp³-hybridized carbons (Fsp3) is 0.231. The maximum atomic E-state index is 11.3. The maximum absolute atomic E-state index is 11.3. The average molecular weight is 374 g/mol. The first-order valence-electron chi connectivity index (χ1n) is 5.71. The SMILES string of the molecule is COc1cc(OC)c(-c2sc(Br)nc2C(=O)O)c(OC)c1. The minimum atomic E-state index is -1.12. The third-order valence-corrected chi connectivity index (χ3v) is 4.27. The molecular formula is C13H12BrNO5S. The van der Waals surface area contributed by atoms with Gasteiger partial charge in [-0.1, -0.05) is 0 Å². The van der Waals surface area contributed by atoms with Crippen LogP contribution in [-0.2, 0) is 0 Å². The molecule has 1 aromatic heterocycles. The Hall–Kier alpha value is -1.80. The number of ether oxygens (including phenoxy) is 3. The summed E-state index contributed by atoms with van der Waals surface area (Å²) in [5, 5.41) is 9.29. The number of carboxylic acids is 1. The molecule has 0 saturated carbocycles. The van der Waals surface area contributed by atoms with Crippen molar-refractivity contribution in [3.8, 4) is 27.7 Å². The lowest BCUT2D eigenvalue weighted by Gasteiger charge is -2.14. The molecule has 8 heteroatoms. The zero-order valence-corrected chi connectivity index (χ0v) is 13.9. The number of carboxylic acid groups (broad SMARTS) is 1. The number of aromatic nitrogens is 1. The number of methoxy groups -OCH3 is 3. The Morgan fingerprint density at radius 2 is 1.76 bits per heavy atom. The van der Waals surface area contributed by atoms with E-state index in [4.69, 9.17) is 14.2 Å². The van der Waals surface area contributed by atoms with Gasteiger partial charge in [0, 0.05) is 12.1 Å². The van der Waals surface area contributed by atoms with Gasteiger partial charge in [0.05, 0.1) is 31.8 Å². The molecule has 0 radical (unpaired) electrons. The van der Waals surface area contributed by atoms with E-state index in [1.807, 2.05) is 0 Å². The smallest absolute Gasteiger partial charge is 0.356 e. The summed E-state index contributed by atoms with van der Waals surface area (Å²) in [6.07, 6.45) is 0. The van der Waals surface area contributed by atoms with Crippen LogP contribution < -0.4 is 14.2 Å². The highest BCUT2D eigenvalue weighted by Gasteiger charge is 2.25. The van der Waals surface area contributed by atoms with Crippen LogP contribution in [0.2, 0.25) is 0 Å². The number of nitrogens with zero attached hydrogens (tertiary/aromatic N) is 1. The van der Waals surface area contributed by atoms with Crippen LogP contribution >= 0.6 is 27.3 Å². The molecule has 0 amide bonds. The third-order valence-electron chi connectivity index (χ3n) is 2.75. The van der Waals surface area contributed by atoms with Crippen molar-refractivity contribution in [2.45, 2.75) is 0 Å². The minimum absolute atomic E-state index is 0.0614. The quantitative estimate of drug-likeness (QED) is 0.866. The molecule has 1 aromatic carbocycles. The van der Waals surface area contributed by atoms with Gasteiger partial charge in [0.15, 0.2) is 9.61 Å². The predicted octanol–water partition coefficient (Wildman–Crippen LogP) is 3.30. The molecule has 2 rings (SSSR count). The van der Waals surface area contributed by atoms with Crippen molar-refractivity contribution in [1.29, 1.82) is 0 Å². The first-order valence-corrected chi connectivity index (χ1v) is 7.32. The number of benzene rings is 1. The Balaban J connectivity index is 2.76. The van der Waals surface area contributed by atoms with Gasteiger partial charge in [0.25, 0.3) is 0 Å². The number of hydrogen-bond acceptors (Lipinski definition) is 6. The third kappa shape index (κ3) is 2.96. The number of thiazole rings is 1. The molecule has 0 aliphatic heterocycles. The summed E-state index contributed by atoms with van der Waals surface area (Å²) in [6.45, 7) is 0. The first kappa shape index (κ1) is 15.6. The molecule has 0 saturated heterocycles. The average Bonchev–Trinajstić information content (AvgIpc) is 2.87. The standard InChI is InChI=1S/C13H12BrNO5S/c1-18-6-4-7(19-2)9(8(5-6)20-3)11-10(12(16)17)15-13(14)21-11/h4-5H,1-3H3,(H,16,17). The molecule has 0 spiro atoms. The Morgan fingerprint density at radius 1 is 1.19 bits per heavy atom. The van der Waals surface area contributed by atoms with Crippen LogP contribution in [0.1, 0.15) is 10.5 Å². The predicted molar refractivity (Wildman–Crippen MR) is 81.9 cm³/mol. The highest BCUT2D eigenvalue weighted by atomic mass is 79.9. The van der Waals surface area contributed by atoms with Gasteiger partial charge in [0.2, 0.25) is 0 Å². The molecule has 0 fully saturated rings. The first-order chi connectivity index (χ1) is 10.0. The summed E-state index contributed by atoms with van der Waals surface area (Å²) in [5.41, 5.74) is 0.468. The highest BCUT2D eigenvalue weighted by Crippen LogP contribution is 2.46. The molecule has 2 aromatic rings. The van der Waals surface area contributed by atoms with Crippen LogP contribution in [-0.4, -0.2) is 37.4 Å². The van der Waals surface area contributed by atoms with Gasteiger partial charge in [-0.25, -0.2) is 9.78 Å². The summed E-state index contributed by atoms with van der Waals surface area (Å²) in [7, 11) is 4.52. The number of halogens is 1. The normalized spacial score (nSPS) is 10.3. The molecule has 0 bridgehead atoms. The van der Waals surface area contributed by atoms with Crippen LogP contribution in [0.3, 0.4) is 0 Å². The van der Waals surface area contributed by atoms with E-state index in [-0.39, 0.29) is 5.69 Å². The van der Waals surface area contributed by atoms with Gasteiger partial charge >= 0.3 is 5.97 Å².